The molecule has 0 aliphatic rings. The molecule has 4 heteroatoms. The Bertz CT molecular complexity index is 584. The summed E-state index contributed by atoms with van der Waals surface area (Å²) < 4.78 is 14.4. The lowest BCUT2D eigenvalue weighted by Crippen LogP contribution is -2.16. The van der Waals surface area contributed by atoms with E-state index in [2.05, 4.69) is 0 Å². The Hall–Kier alpha value is -2.20. The molecule has 1 unspecified atom stereocenters. The summed E-state index contributed by atoms with van der Waals surface area (Å²) in [7, 11) is 0. The van der Waals surface area contributed by atoms with E-state index < -0.39 is 17.8 Å². The first-order valence-corrected chi connectivity index (χ1v) is 5.91. The second-order valence-corrected chi connectivity index (χ2v) is 4.28. The van der Waals surface area contributed by atoms with Crippen molar-refractivity contribution < 1.29 is 14.3 Å². The van der Waals surface area contributed by atoms with Gasteiger partial charge in [-0.2, -0.15) is 0 Å². The smallest absolute Gasteiger partial charge is 0.305 e. The first kappa shape index (κ1) is 13.2. The molecule has 98 valence electrons. The third-order valence-electron chi connectivity index (χ3n) is 2.91. The molecule has 0 bridgehead atoms. The average molecular weight is 259 g/mol. The van der Waals surface area contributed by atoms with Crippen LogP contribution in [-0.2, 0) is 4.79 Å². The lowest BCUT2D eigenvalue weighted by molar-refractivity contribution is -0.137. The topological polar surface area (TPSA) is 63.3 Å². The van der Waals surface area contributed by atoms with Gasteiger partial charge in [-0.15, -0.1) is 0 Å². The molecule has 0 aliphatic heterocycles. The van der Waals surface area contributed by atoms with Crippen molar-refractivity contribution in [2.75, 3.05) is 0 Å². The normalized spacial score (nSPS) is 12.1. The van der Waals surface area contributed by atoms with Crippen molar-refractivity contribution in [3.05, 3.63) is 59.9 Å². The molecular weight excluding hydrogens is 245 g/mol. The van der Waals surface area contributed by atoms with Gasteiger partial charge in [-0.25, -0.2) is 4.39 Å². The number of benzene rings is 2. The number of carboxylic acid groups (broad SMARTS) is 1. The molecule has 2 rings (SSSR count). The van der Waals surface area contributed by atoms with Crippen LogP contribution in [0.4, 0.5) is 4.39 Å². The summed E-state index contributed by atoms with van der Waals surface area (Å²) in [6, 6.07) is 13.1. The Balaban J connectivity index is 2.41. The van der Waals surface area contributed by atoms with Crippen LogP contribution in [0.2, 0.25) is 0 Å². The van der Waals surface area contributed by atoms with Gasteiger partial charge >= 0.3 is 5.97 Å². The number of halogens is 1. The second-order valence-electron chi connectivity index (χ2n) is 4.28. The van der Waals surface area contributed by atoms with Gasteiger partial charge in [0, 0.05) is 17.2 Å². The summed E-state index contributed by atoms with van der Waals surface area (Å²) in [5.41, 5.74) is 7.12. The Kier molecular flexibility index (Phi) is 3.92. The molecule has 1 atom stereocenters. The monoisotopic (exact) mass is 259 g/mol. The van der Waals surface area contributed by atoms with Gasteiger partial charge in [-0.3, -0.25) is 4.79 Å². The van der Waals surface area contributed by atoms with Gasteiger partial charge in [0.2, 0.25) is 0 Å². The van der Waals surface area contributed by atoms with E-state index in [-0.39, 0.29) is 12.0 Å². The number of hydrogen-bond acceptors (Lipinski definition) is 2. The van der Waals surface area contributed by atoms with E-state index >= 15 is 0 Å². The number of carboxylic acids is 1. The van der Waals surface area contributed by atoms with Crippen molar-refractivity contribution in [1.29, 1.82) is 0 Å². The van der Waals surface area contributed by atoms with E-state index in [0.29, 0.717) is 5.56 Å². The maximum atomic E-state index is 14.4. The Labute approximate surface area is 110 Å². The molecule has 19 heavy (non-hydrogen) atoms. The van der Waals surface area contributed by atoms with Crippen molar-refractivity contribution in [3.63, 3.8) is 0 Å². The van der Waals surface area contributed by atoms with Gasteiger partial charge in [-0.1, -0.05) is 48.5 Å². The summed E-state index contributed by atoms with van der Waals surface area (Å²) in [6.45, 7) is 0. The van der Waals surface area contributed by atoms with Gasteiger partial charge in [-0.05, 0) is 5.56 Å². The quantitative estimate of drug-likeness (QED) is 0.887. The van der Waals surface area contributed by atoms with E-state index in [1.54, 1.807) is 24.3 Å². The number of nitrogens with two attached hydrogens (primary N) is 1. The fraction of sp³-hybridized carbons (Fsp3) is 0.133. The number of aliphatic carboxylic acids is 1. The zero-order chi connectivity index (χ0) is 13.8. The average Bonchev–Trinajstić information content (AvgIpc) is 2.39. The molecule has 3 N–H and O–H groups in total. The molecule has 0 heterocycles. The lowest BCUT2D eigenvalue weighted by Gasteiger charge is -2.13. The minimum absolute atomic E-state index is 0.226. The van der Waals surface area contributed by atoms with E-state index in [1.165, 1.54) is 6.07 Å². The van der Waals surface area contributed by atoms with Crippen LogP contribution in [0.5, 0.6) is 0 Å². The van der Waals surface area contributed by atoms with Crippen LogP contribution in [0.25, 0.3) is 11.1 Å². The van der Waals surface area contributed by atoms with Gasteiger partial charge in [0.05, 0.1) is 6.42 Å². The molecular formula is C15H14FNO2. The molecule has 0 saturated carbocycles. The zero-order valence-electron chi connectivity index (χ0n) is 10.2. The fourth-order valence-corrected chi connectivity index (χ4v) is 1.97. The third kappa shape index (κ3) is 2.98. The maximum absolute atomic E-state index is 14.4. The van der Waals surface area contributed by atoms with Crippen LogP contribution in [-0.4, -0.2) is 11.1 Å². The highest BCUT2D eigenvalue weighted by Crippen LogP contribution is 2.28. The van der Waals surface area contributed by atoms with Crippen molar-refractivity contribution in [3.8, 4) is 11.1 Å². The number of rotatable bonds is 4. The Morgan fingerprint density at radius 3 is 2.47 bits per heavy atom. The van der Waals surface area contributed by atoms with Gasteiger partial charge in [0.1, 0.15) is 5.82 Å². The largest absolute Gasteiger partial charge is 0.481 e. The predicted octanol–water partition coefficient (Wildman–Crippen LogP) is 2.97. The summed E-state index contributed by atoms with van der Waals surface area (Å²) >= 11 is 0. The molecule has 0 fully saturated rings. The Morgan fingerprint density at radius 1 is 1.16 bits per heavy atom. The summed E-state index contributed by atoms with van der Waals surface area (Å²) in [6.07, 6.45) is -0.296. The first-order chi connectivity index (χ1) is 9.09. The van der Waals surface area contributed by atoms with Gasteiger partial charge in [0.15, 0.2) is 0 Å². The number of hydrogen-bond donors (Lipinski definition) is 2. The summed E-state index contributed by atoms with van der Waals surface area (Å²) in [4.78, 5) is 10.6. The molecule has 2 aromatic rings. The zero-order valence-corrected chi connectivity index (χ0v) is 10.2. The van der Waals surface area contributed by atoms with Gasteiger partial charge < -0.3 is 10.8 Å². The van der Waals surface area contributed by atoms with Crippen LogP contribution in [0.3, 0.4) is 0 Å². The van der Waals surface area contributed by atoms with Crippen LogP contribution in [0, 0.1) is 5.82 Å². The molecule has 0 radical (unpaired) electrons. The molecule has 0 saturated heterocycles. The Morgan fingerprint density at radius 2 is 1.84 bits per heavy atom. The van der Waals surface area contributed by atoms with Crippen molar-refractivity contribution in [2.24, 2.45) is 5.73 Å². The van der Waals surface area contributed by atoms with Crippen LogP contribution >= 0.6 is 0 Å². The molecule has 0 aromatic heterocycles. The molecule has 2 aromatic carbocycles. The summed E-state index contributed by atoms with van der Waals surface area (Å²) in [5.74, 6) is -1.50. The highest BCUT2D eigenvalue weighted by atomic mass is 19.1. The second kappa shape index (κ2) is 5.63. The molecule has 0 amide bonds. The van der Waals surface area contributed by atoms with Crippen molar-refractivity contribution in [2.45, 2.75) is 12.5 Å². The molecule has 3 nitrogen and oxygen atoms in total. The third-order valence-corrected chi connectivity index (χ3v) is 2.91. The van der Waals surface area contributed by atoms with E-state index in [0.717, 1.165) is 5.56 Å². The summed E-state index contributed by atoms with van der Waals surface area (Å²) in [5, 5.41) is 8.72. The minimum Gasteiger partial charge on any atom is -0.481 e. The maximum Gasteiger partial charge on any atom is 0.305 e. The van der Waals surface area contributed by atoms with Crippen molar-refractivity contribution >= 4 is 5.97 Å². The first-order valence-electron chi connectivity index (χ1n) is 5.91. The van der Waals surface area contributed by atoms with Gasteiger partial charge in [0.25, 0.3) is 0 Å². The standard InChI is InChI=1S/C15H14FNO2/c16-15-11(10-5-2-1-3-6-10)7-4-8-12(15)13(17)9-14(18)19/h1-8,13H,9,17H2,(H,18,19). The van der Waals surface area contributed by atoms with E-state index in [9.17, 15) is 9.18 Å². The van der Waals surface area contributed by atoms with E-state index in [1.807, 2.05) is 18.2 Å². The lowest BCUT2D eigenvalue weighted by atomic mass is 9.97. The number of carbonyl (C=O) groups is 1. The highest BCUT2D eigenvalue weighted by Gasteiger charge is 2.17. The molecule has 0 spiro atoms. The van der Waals surface area contributed by atoms with Crippen LogP contribution in [0.15, 0.2) is 48.5 Å². The minimum atomic E-state index is -1.04. The SMILES string of the molecule is NC(CC(=O)O)c1cccc(-c2ccccc2)c1F. The fourth-order valence-electron chi connectivity index (χ4n) is 1.97. The molecule has 0 aliphatic carbocycles. The van der Waals surface area contributed by atoms with E-state index in [4.69, 9.17) is 10.8 Å². The van der Waals surface area contributed by atoms with Crippen LogP contribution in [0.1, 0.15) is 18.0 Å². The highest BCUT2D eigenvalue weighted by molar-refractivity contribution is 5.69. The van der Waals surface area contributed by atoms with Crippen LogP contribution < -0.4 is 5.73 Å². The van der Waals surface area contributed by atoms with Crippen molar-refractivity contribution in [1.82, 2.24) is 0 Å². The predicted molar refractivity (Wildman–Crippen MR) is 71.0 cm³/mol.